The van der Waals surface area contributed by atoms with Crippen molar-refractivity contribution in [3.63, 3.8) is 0 Å². The highest BCUT2D eigenvalue weighted by atomic mass is 35.5. The molecule has 0 aliphatic heterocycles. The third-order valence-corrected chi connectivity index (χ3v) is 4.81. The Morgan fingerprint density at radius 2 is 1.81 bits per heavy atom. The fraction of sp³-hybridized carbons (Fsp3) is 0.125. The molecule has 0 heterocycles. The number of rotatable bonds is 6. The van der Waals surface area contributed by atoms with Gasteiger partial charge in [0.1, 0.15) is 12.4 Å². The molecule has 0 spiro atoms. The van der Waals surface area contributed by atoms with Crippen molar-refractivity contribution in [3.8, 4) is 5.75 Å². The standard InChI is InChI=1S/C24H22ClN3O3/c1-16-10-11-17(2)22(12-16)27-23(29)24(30)28-26-14-18-6-5-8-20(13-18)31-15-19-7-3-4-9-21(19)25/h3-14H,15H2,1-2H3,(H,27,29)(H,28,30)/b26-14+. The van der Waals surface area contributed by atoms with Gasteiger partial charge in [-0.1, -0.05) is 54.1 Å². The summed E-state index contributed by atoms with van der Waals surface area (Å²) in [5, 5.41) is 7.09. The molecule has 31 heavy (non-hydrogen) atoms. The van der Waals surface area contributed by atoms with Crippen molar-refractivity contribution >= 4 is 35.3 Å². The summed E-state index contributed by atoms with van der Waals surface area (Å²) in [4.78, 5) is 24.1. The van der Waals surface area contributed by atoms with Crippen LogP contribution in [0.3, 0.4) is 0 Å². The highest BCUT2D eigenvalue weighted by molar-refractivity contribution is 6.39. The van der Waals surface area contributed by atoms with E-state index in [9.17, 15) is 9.59 Å². The van der Waals surface area contributed by atoms with Crippen molar-refractivity contribution in [2.75, 3.05) is 5.32 Å². The Hall–Kier alpha value is -3.64. The summed E-state index contributed by atoms with van der Waals surface area (Å²) < 4.78 is 5.77. The van der Waals surface area contributed by atoms with Crippen LogP contribution in [0, 0.1) is 13.8 Å². The summed E-state index contributed by atoms with van der Waals surface area (Å²) >= 11 is 6.14. The van der Waals surface area contributed by atoms with Crippen LogP contribution in [0.5, 0.6) is 5.75 Å². The Morgan fingerprint density at radius 3 is 2.61 bits per heavy atom. The Kier molecular flexibility index (Phi) is 7.40. The summed E-state index contributed by atoms with van der Waals surface area (Å²) in [5.41, 5.74) is 6.25. The van der Waals surface area contributed by atoms with Gasteiger partial charge >= 0.3 is 11.8 Å². The van der Waals surface area contributed by atoms with Gasteiger partial charge in [0.15, 0.2) is 0 Å². The van der Waals surface area contributed by atoms with Gasteiger partial charge < -0.3 is 10.1 Å². The largest absolute Gasteiger partial charge is 0.489 e. The average molecular weight is 436 g/mol. The molecule has 0 bridgehead atoms. The molecule has 7 heteroatoms. The number of nitrogens with zero attached hydrogens (tertiary/aromatic N) is 1. The Labute approximate surface area is 185 Å². The van der Waals surface area contributed by atoms with Crippen molar-refractivity contribution < 1.29 is 14.3 Å². The van der Waals surface area contributed by atoms with Crippen LogP contribution in [0.15, 0.2) is 71.8 Å². The molecule has 0 saturated carbocycles. The smallest absolute Gasteiger partial charge is 0.329 e. The van der Waals surface area contributed by atoms with Gasteiger partial charge in [-0.05, 0) is 54.8 Å². The zero-order valence-corrected chi connectivity index (χ0v) is 17.9. The molecule has 0 unspecified atom stereocenters. The number of aryl methyl sites for hydroxylation is 2. The molecule has 0 aliphatic carbocycles. The molecule has 2 amide bonds. The van der Waals surface area contributed by atoms with Gasteiger partial charge in [0.2, 0.25) is 0 Å². The van der Waals surface area contributed by atoms with Crippen LogP contribution in [0.1, 0.15) is 22.3 Å². The summed E-state index contributed by atoms with van der Waals surface area (Å²) in [6, 6.07) is 20.3. The maximum absolute atomic E-state index is 12.1. The minimum atomic E-state index is -0.858. The fourth-order valence-corrected chi connectivity index (χ4v) is 2.92. The van der Waals surface area contributed by atoms with Crippen LogP contribution >= 0.6 is 11.6 Å². The van der Waals surface area contributed by atoms with Crippen molar-refractivity contribution in [1.82, 2.24) is 5.43 Å². The lowest BCUT2D eigenvalue weighted by Gasteiger charge is -2.08. The maximum atomic E-state index is 12.1. The second-order valence-corrected chi connectivity index (χ2v) is 7.33. The molecule has 3 rings (SSSR count). The van der Waals surface area contributed by atoms with E-state index in [0.29, 0.717) is 28.6 Å². The molecule has 0 aliphatic rings. The van der Waals surface area contributed by atoms with Crippen LogP contribution < -0.4 is 15.5 Å². The first-order valence-corrected chi connectivity index (χ1v) is 9.98. The van der Waals surface area contributed by atoms with Crippen LogP contribution in [0.25, 0.3) is 0 Å². The number of carbonyl (C=O) groups is 2. The van der Waals surface area contributed by atoms with Crippen LogP contribution in [0.4, 0.5) is 5.69 Å². The minimum absolute atomic E-state index is 0.329. The molecule has 2 N–H and O–H groups in total. The molecule has 0 radical (unpaired) electrons. The molecular formula is C24H22ClN3O3. The van der Waals surface area contributed by atoms with Gasteiger partial charge in [-0.15, -0.1) is 0 Å². The number of ether oxygens (including phenoxy) is 1. The second kappa shape index (κ2) is 10.4. The lowest BCUT2D eigenvalue weighted by molar-refractivity contribution is -0.136. The second-order valence-electron chi connectivity index (χ2n) is 6.92. The number of hydrazone groups is 1. The van der Waals surface area contributed by atoms with Gasteiger partial charge in [-0.2, -0.15) is 5.10 Å². The number of hydrogen-bond donors (Lipinski definition) is 2. The number of benzene rings is 3. The van der Waals surface area contributed by atoms with E-state index < -0.39 is 11.8 Å². The molecule has 0 fully saturated rings. The molecule has 0 atom stereocenters. The number of carbonyl (C=O) groups excluding carboxylic acids is 2. The van der Waals surface area contributed by atoms with E-state index in [1.807, 2.05) is 56.3 Å². The van der Waals surface area contributed by atoms with E-state index in [1.54, 1.807) is 24.3 Å². The number of nitrogens with one attached hydrogen (secondary N) is 2. The summed E-state index contributed by atoms with van der Waals surface area (Å²) in [5.74, 6) is -1.02. The van der Waals surface area contributed by atoms with Crippen LogP contribution in [-0.4, -0.2) is 18.0 Å². The third-order valence-electron chi connectivity index (χ3n) is 4.44. The van der Waals surface area contributed by atoms with Crippen LogP contribution in [0.2, 0.25) is 5.02 Å². The van der Waals surface area contributed by atoms with Gasteiger partial charge in [-0.3, -0.25) is 9.59 Å². The first kappa shape index (κ1) is 22.1. The van der Waals surface area contributed by atoms with Crippen molar-refractivity contribution in [3.05, 3.63) is 94.0 Å². The van der Waals surface area contributed by atoms with E-state index in [2.05, 4.69) is 15.8 Å². The van der Waals surface area contributed by atoms with E-state index in [4.69, 9.17) is 16.3 Å². The van der Waals surface area contributed by atoms with Crippen molar-refractivity contribution in [2.45, 2.75) is 20.5 Å². The number of halogens is 1. The highest BCUT2D eigenvalue weighted by Crippen LogP contribution is 2.19. The minimum Gasteiger partial charge on any atom is -0.489 e. The maximum Gasteiger partial charge on any atom is 0.329 e. The fourth-order valence-electron chi connectivity index (χ4n) is 2.73. The Morgan fingerprint density at radius 1 is 1.00 bits per heavy atom. The van der Waals surface area contributed by atoms with E-state index in [-0.39, 0.29) is 0 Å². The highest BCUT2D eigenvalue weighted by Gasteiger charge is 2.14. The predicted molar refractivity (Wildman–Crippen MR) is 123 cm³/mol. The molecule has 3 aromatic rings. The SMILES string of the molecule is Cc1ccc(C)c(NC(=O)C(=O)N/N=C/c2cccc(OCc3ccccc3Cl)c2)c1. The number of hydrogen-bond acceptors (Lipinski definition) is 4. The van der Waals surface area contributed by atoms with Crippen LogP contribution in [-0.2, 0) is 16.2 Å². The molecular weight excluding hydrogens is 414 g/mol. The number of amides is 2. The van der Waals surface area contributed by atoms with E-state index >= 15 is 0 Å². The molecule has 6 nitrogen and oxygen atoms in total. The monoisotopic (exact) mass is 435 g/mol. The van der Waals surface area contributed by atoms with E-state index in [1.165, 1.54) is 6.21 Å². The summed E-state index contributed by atoms with van der Waals surface area (Å²) in [6.45, 7) is 4.09. The molecule has 3 aromatic carbocycles. The molecule has 158 valence electrons. The first-order valence-electron chi connectivity index (χ1n) is 9.60. The first-order chi connectivity index (χ1) is 14.9. The summed E-state index contributed by atoms with van der Waals surface area (Å²) in [6.07, 6.45) is 1.44. The van der Waals surface area contributed by atoms with Crippen molar-refractivity contribution in [1.29, 1.82) is 0 Å². The lowest BCUT2D eigenvalue weighted by Crippen LogP contribution is -2.32. The summed E-state index contributed by atoms with van der Waals surface area (Å²) in [7, 11) is 0. The third kappa shape index (κ3) is 6.42. The molecule has 0 aromatic heterocycles. The van der Waals surface area contributed by atoms with Gasteiger partial charge in [-0.25, -0.2) is 5.43 Å². The Balaban J connectivity index is 1.55. The average Bonchev–Trinajstić information content (AvgIpc) is 2.76. The van der Waals surface area contributed by atoms with Gasteiger partial charge in [0.05, 0.1) is 6.21 Å². The van der Waals surface area contributed by atoms with Crippen molar-refractivity contribution in [2.24, 2.45) is 5.10 Å². The number of anilines is 1. The zero-order valence-electron chi connectivity index (χ0n) is 17.2. The zero-order chi connectivity index (χ0) is 22.2. The topological polar surface area (TPSA) is 79.8 Å². The predicted octanol–water partition coefficient (Wildman–Crippen LogP) is 4.62. The quantitative estimate of drug-likeness (QED) is 0.336. The molecule has 0 saturated heterocycles. The van der Waals surface area contributed by atoms with E-state index in [0.717, 1.165) is 16.7 Å². The lowest BCUT2D eigenvalue weighted by atomic mass is 10.1. The van der Waals surface area contributed by atoms with Gasteiger partial charge in [0, 0.05) is 16.3 Å². The Bertz CT molecular complexity index is 1130. The van der Waals surface area contributed by atoms with Gasteiger partial charge in [0.25, 0.3) is 0 Å². The normalized spacial score (nSPS) is 10.7.